The first kappa shape index (κ1) is 27.7. The van der Waals surface area contributed by atoms with Gasteiger partial charge in [-0.3, -0.25) is 14.6 Å². The molecule has 3 aromatic rings. The van der Waals surface area contributed by atoms with Crippen molar-refractivity contribution < 1.29 is 27.9 Å². The summed E-state index contributed by atoms with van der Waals surface area (Å²) in [6.45, 7) is 8.23. The van der Waals surface area contributed by atoms with Gasteiger partial charge in [-0.2, -0.15) is 0 Å². The molecule has 0 fully saturated rings. The number of fused-ring (bicyclic) bond motifs is 1. The van der Waals surface area contributed by atoms with Crippen molar-refractivity contribution in [1.29, 1.82) is 0 Å². The number of alkyl halides is 2. The highest BCUT2D eigenvalue weighted by Gasteiger charge is 2.21. The van der Waals surface area contributed by atoms with Crippen LogP contribution in [-0.2, 0) is 9.59 Å². The molecule has 1 amide bonds. The number of pyridine rings is 1. The zero-order chi connectivity index (χ0) is 27.3. The lowest BCUT2D eigenvalue weighted by molar-refractivity contribution is -0.128. The number of aromatic nitrogens is 1. The second-order valence-electron chi connectivity index (χ2n) is 8.97. The Bertz CT molecular complexity index is 1340. The van der Waals surface area contributed by atoms with Gasteiger partial charge >= 0.3 is 0 Å². The Morgan fingerprint density at radius 1 is 1.19 bits per heavy atom. The van der Waals surface area contributed by atoms with Crippen LogP contribution in [0.4, 0.5) is 18.9 Å². The molecule has 1 aromatic heterocycles. The minimum absolute atomic E-state index is 0.0632. The predicted octanol–water partition coefficient (Wildman–Crippen LogP) is 6.44. The number of nitrogens with one attached hydrogen (secondary N) is 1. The van der Waals surface area contributed by atoms with E-state index in [-0.39, 0.29) is 17.9 Å². The van der Waals surface area contributed by atoms with E-state index in [1.54, 1.807) is 18.7 Å². The number of halogens is 3. The Kier molecular flexibility index (Phi) is 8.91. The molecule has 0 unspecified atom stereocenters. The highest BCUT2D eigenvalue weighted by molar-refractivity contribution is 5.96. The molecule has 1 aliphatic rings. The van der Waals surface area contributed by atoms with Crippen LogP contribution < -0.4 is 5.32 Å². The Hall–Kier alpha value is -3.88. The summed E-state index contributed by atoms with van der Waals surface area (Å²) in [5, 5.41) is 11.1. The number of nitrogens with zero attached hydrogens (tertiary/aromatic N) is 2. The van der Waals surface area contributed by atoms with E-state index < -0.39 is 23.8 Å². The first-order chi connectivity index (χ1) is 17.6. The summed E-state index contributed by atoms with van der Waals surface area (Å²) in [7, 11) is 0. The predicted molar refractivity (Wildman–Crippen MR) is 138 cm³/mol. The molecule has 2 aromatic carbocycles. The van der Waals surface area contributed by atoms with Crippen LogP contribution in [0.5, 0.6) is 0 Å². The standard InChI is InChI=1S/C27H28F3N3O.CH2O2/c1-15-12-20(19-8-10-33(11-9-19)18(4)34)14-23-24(13-16(2)31-26(15)23)32-17(3)21-6-5-7-22(25(21)28)27(29)30;2-1-3/h5-8,12-14,17,27H,9-11H2,1-4H3,(H,31,32);1H,(H,2,3)/t17-;/m1./s1. The van der Waals surface area contributed by atoms with Crippen molar-refractivity contribution in [1.82, 2.24) is 9.88 Å². The average molecular weight is 514 g/mol. The van der Waals surface area contributed by atoms with Crippen molar-refractivity contribution >= 4 is 34.5 Å². The van der Waals surface area contributed by atoms with E-state index in [2.05, 4.69) is 23.5 Å². The van der Waals surface area contributed by atoms with Crippen LogP contribution in [0.2, 0.25) is 0 Å². The SMILES string of the molecule is CC(=O)N1CC=C(c2cc(C)c3nc(C)cc(N[C@H](C)c4cccc(C(F)F)c4F)c3c2)CC1.O=CO. The van der Waals surface area contributed by atoms with Gasteiger partial charge in [0.1, 0.15) is 5.82 Å². The first-order valence-electron chi connectivity index (χ1n) is 11.8. The highest BCUT2D eigenvalue weighted by atomic mass is 19.3. The van der Waals surface area contributed by atoms with Crippen molar-refractivity contribution in [3.8, 4) is 0 Å². The molecule has 0 bridgehead atoms. The third-order valence-corrected chi connectivity index (χ3v) is 6.39. The number of amides is 1. The van der Waals surface area contributed by atoms with Crippen LogP contribution >= 0.6 is 0 Å². The van der Waals surface area contributed by atoms with Crippen LogP contribution in [0.1, 0.15) is 60.7 Å². The van der Waals surface area contributed by atoms with Gasteiger partial charge in [0.15, 0.2) is 0 Å². The summed E-state index contributed by atoms with van der Waals surface area (Å²) in [6, 6.07) is 9.61. The minimum atomic E-state index is -2.87. The van der Waals surface area contributed by atoms with E-state index in [4.69, 9.17) is 14.9 Å². The van der Waals surface area contributed by atoms with Crippen molar-refractivity contribution in [2.45, 2.75) is 46.6 Å². The number of carbonyl (C=O) groups is 2. The molecule has 6 nitrogen and oxygen atoms in total. The van der Waals surface area contributed by atoms with E-state index >= 15 is 0 Å². The fourth-order valence-corrected chi connectivity index (χ4v) is 4.53. The monoisotopic (exact) mass is 513 g/mol. The van der Waals surface area contributed by atoms with Gasteiger partial charge in [0.2, 0.25) is 5.91 Å². The molecule has 9 heteroatoms. The summed E-state index contributed by atoms with van der Waals surface area (Å²) in [5.74, 6) is -0.819. The maximum absolute atomic E-state index is 14.8. The molecule has 0 spiro atoms. The molecule has 1 atom stereocenters. The van der Waals surface area contributed by atoms with Crippen molar-refractivity contribution in [3.63, 3.8) is 0 Å². The zero-order valence-electron chi connectivity index (χ0n) is 21.2. The number of carboxylic acid groups (broad SMARTS) is 1. The maximum atomic E-state index is 14.8. The quantitative estimate of drug-likeness (QED) is 0.384. The van der Waals surface area contributed by atoms with Crippen molar-refractivity contribution in [2.24, 2.45) is 0 Å². The summed E-state index contributed by atoms with van der Waals surface area (Å²) in [4.78, 5) is 26.5. The van der Waals surface area contributed by atoms with Gasteiger partial charge in [-0.15, -0.1) is 0 Å². The van der Waals surface area contributed by atoms with Crippen molar-refractivity contribution in [3.05, 3.63) is 76.2 Å². The molecule has 2 N–H and O–H groups in total. The summed E-state index contributed by atoms with van der Waals surface area (Å²) >= 11 is 0. The van der Waals surface area contributed by atoms with Crippen molar-refractivity contribution in [2.75, 3.05) is 18.4 Å². The molecule has 2 heterocycles. The van der Waals surface area contributed by atoms with E-state index in [0.29, 0.717) is 13.1 Å². The highest BCUT2D eigenvalue weighted by Crippen LogP contribution is 2.34. The zero-order valence-corrected chi connectivity index (χ0v) is 21.2. The second-order valence-corrected chi connectivity index (χ2v) is 8.97. The van der Waals surface area contributed by atoms with E-state index in [0.717, 1.165) is 51.5 Å². The lowest BCUT2D eigenvalue weighted by Crippen LogP contribution is -2.32. The van der Waals surface area contributed by atoms with E-state index in [1.165, 1.54) is 12.1 Å². The minimum Gasteiger partial charge on any atom is -0.483 e. The van der Waals surface area contributed by atoms with Crippen LogP contribution in [0.15, 0.2) is 42.5 Å². The number of hydrogen-bond donors (Lipinski definition) is 2. The van der Waals surface area contributed by atoms with Crippen LogP contribution in [0.3, 0.4) is 0 Å². The van der Waals surface area contributed by atoms with E-state index in [9.17, 15) is 18.0 Å². The fourth-order valence-electron chi connectivity index (χ4n) is 4.53. The van der Waals surface area contributed by atoms with Gasteiger partial charge in [-0.25, -0.2) is 13.2 Å². The molecular weight excluding hydrogens is 483 g/mol. The van der Waals surface area contributed by atoms with Gasteiger partial charge < -0.3 is 15.3 Å². The maximum Gasteiger partial charge on any atom is 0.290 e. The number of rotatable bonds is 5. The number of carbonyl (C=O) groups excluding carboxylic acids is 1. The Balaban J connectivity index is 0.00000121. The largest absolute Gasteiger partial charge is 0.483 e. The third kappa shape index (κ3) is 6.28. The topological polar surface area (TPSA) is 82.5 Å². The lowest BCUT2D eigenvalue weighted by Gasteiger charge is -2.26. The number of hydrogen-bond acceptors (Lipinski definition) is 4. The summed E-state index contributed by atoms with van der Waals surface area (Å²) in [5.41, 5.74) is 5.22. The lowest BCUT2D eigenvalue weighted by atomic mass is 9.95. The van der Waals surface area contributed by atoms with Gasteiger partial charge in [0, 0.05) is 42.3 Å². The molecule has 0 saturated carbocycles. The molecule has 0 radical (unpaired) electrons. The Labute approximate surface area is 213 Å². The molecular formula is C28H30F3N3O3. The van der Waals surface area contributed by atoms with E-state index in [1.807, 2.05) is 19.9 Å². The number of aryl methyl sites for hydroxylation is 2. The third-order valence-electron chi connectivity index (χ3n) is 6.39. The average Bonchev–Trinajstić information content (AvgIpc) is 2.85. The van der Waals surface area contributed by atoms with Crippen LogP contribution in [0.25, 0.3) is 16.5 Å². The van der Waals surface area contributed by atoms with Crippen LogP contribution in [0, 0.1) is 19.7 Å². The first-order valence-corrected chi connectivity index (χ1v) is 11.8. The Morgan fingerprint density at radius 2 is 1.86 bits per heavy atom. The fraction of sp³-hybridized carbons (Fsp3) is 0.321. The van der Waals surface area contributed by atoms with Gasteiger partial charge in [0.25, 0.3) is 12.9 Å². The van der Waals surface area contributed by atoms with Crippen LogP contribution in [-0.4, -0.2) is 40.5 Å². The normalized spacial score (nSPS) is 14.1. The number of anilines is 1. The molecule has 4 rings (SSSR count). The Morgan fingerprint density at radius 3 is 2.46 bits per heavy atom. The molecule has 37 heavy (non-hydrogen) atoms. The molecule has 1 aliphatic heterocycles. The smallest absolute Gasteiger partial charge is 0.290 e. The molecule has 0 saturated heterocycles. The summed E-state index contributed by atoms with van der Waals surface area (Å²) in [6.07, 6.45) is -0.0353. The molecule has 0 aliphatic carbocycles. The molecule has 196 valence electrons. The van der Waals surface area contributed by atoms with Gasteiger partial charge in [-0.05, 0) is 62.1 Å². The second kappa shape index (κ2) is 11.9. The summed E-state index contributed by atoms with van der Waals surface area (Å²) < 4.78 is 41.2. The van der Waals surface area contributed by atoms with Gasteiger partial charge in [0.05, 0.1) is 17.1 Å². The number of benzene rings is 2. The van der Waals surface area contributed by atoms with Gasteiger partial charge in [-0.1, -0.05) is 24.3 Å².